The highest BCUT2D eigenvalue weighted by atomic mass is 16.5. The van der Waals surface area contributed by atoms with Crippen molar-refractivity contribution in [3.63, 3.8) is 0 Å². The van der Waals surface area contributed by atoms with Crippen LogP contribution in [0.4, 0.5) is 5.82 Å². The van der Waals surface area contributed by atoms with Gasteiger partial charge in [0.05, 0.1) is 13.2 Å². The fraction of sp³-hybridized carbons (Fsp3) is 0.346. The molecule has 0 radical (unpaired) electrons. The number of aryl methyl sites for hydroxylation is 1. The van der Waals surface area contributed by atoms with Gasteiger partial charge in [0.15, 0.2) is 5.82 Å². The zero-order chi connectivity index (χ0) is 23.2. The molecular weight excluding hydrogens is 416 g/mol. The third-order valence-corrected chi connectivity index (χ3v) is 5.99. The van der Waals surface area contributed by atoms with Crippen LogP contribution in [0.1, 0.15) is 36.9 Å². The highest BCUT2D eigenvalue weighted by Gasteiger charge is 2.28. The first-order chi connectivity index (χ1) is 16.0. The lowest BCUT2D eigenvalue weighted by atomic mass is 9.95. The summed E-state index contributed by atoms with van der Waals surface area (Å²) >= 11 is 0. The number of anilines is 1. The third kappa shape index (κ3) is 5.61. The van der Waals surface area contributed by atoms with Crippen LogP contribution in [0.3, 0.4) is 0 Å². The minimum absolute atomic E-state index is 0.0280. The number of carbonyl (C=O) groups excluding carboxylic acids is 1. The Morgan fingerprint density at radius 1 is 1.06 bits per heavy atom. The van der Waals surface area contributed by atoms with E-state index in [0.717, 1.165) is 48.6 Å². The first-order valence-corrected chi connectivity index (χ1v) is 11.3. The third-order valence-electron chi connectivity index (χ3n) is 5.99. The largest absolute Gasteiger partial charge is 0.497 e. The lowest BCUT2D eigenvalue weighted by molar-refractivity contribution is -0.126. The number of hydrogen-bond donors (Lipinski definition) is 1. The zero-order valence-corrected chi connectivity index (χ0v) is 19.3. The van der Waals surface area contributed by atoms with Crippen molar-refractivity contribution in [1.82, 2.24) is 15.3 Å². The first-order valence-electron chi connectivity index (χ1n) is 11.3. The number of ether oxygens (including phenoxy) is 2. The van der Waals surface area contributed by atoms with E-state index in [-0.39, 0.29) is 17.9 Å². The van der Waals surface area contributed by atoms with Gasteiger partial charge in [0, 0.05) is 31.4 Å². The molecule has 7 heteroatoms. The van der Waals surface area contributed by atoms with Crippen molar-refractivity contribution in [2.24, 2.45) is 5.92 Å². The Balaban J connectivity index is 1.35. The van der Waals surface area contributed by atoms with Crippen LogP contribution in [0.5, 0.6) is 17.4 Å². The second-order valence-electron chi connectivity index (χ2n) is 8.37. The molecule has 7 nitrogen and oxygen atoms in total. The van der Waals surface area contributed by atoms with Crippen LogP contribution in [0.15, 0.2) is 60.9 Å². The number of nitrogens with one attached hydrogen (secondary N) is 1. The van der Waals surface area contributed by atoms with Gasteiger partial charge >= 0.3 is 0 Å². The topological polar surface area (TPSA) is 76.6 Å². The molecular formula is C26H30N4O3. The van der Waals surface area contributed by atoms with Gasteiger partial charge < -0.3 is 19.7 Å². The van der Waals surface area contributed by atoms with E-state index in [1.54, 1.807) is 19.5 Å². The van der Waals surface area contributed by atoms with Gasteiger partial charge in [-0.3, -0.25) is 4.79 Å². The lowest BCUT2D eigenvalue weighted by Gasteiger charge is -2.33. The number of rotatable bonds is 7. The van der Waals surface area contributed by atoms with Crippen molar-refractivity contribution in [2.75, 3.05) is 25.1 Å². The molecule has 1 aliphatic rings. The summed E-state index contributed by atoms with van der Waals surface area (Å²) in [6, 6.07) is 15.6. The molecule has 0 spiro atoms. The Labute approximate surface area is 194 Å². The number of aromatic nitrogens is 2. The molecule has 1 N–H and O–H groups in total. The Bertz CT molecular complexity index is 1080. The molecule has 1 aliphatic heterocycles. The van der Waals surface area contributed by atoms with Crippen molar-refractivity contribution >= 4 is 11.7 Å². The van der Waals surface area contributed by atoms with Gasteiger partial charge in [-0.2, -0.15) is 0 Å². The number of nitrogens with zero attached hydrogens (tertiary/aromatic N) is 3. The SMILES string of the molecule is COc1ccc([C@@H](C)NC(=O)C2CCN(c3nccnc3Oc3cccc(C)c3)CC2)cc1. The summed E-state index contributed by atoms with van der Waals surface area (Å²) in [5.74, 6) is 2.80. The molecule has 1 saturated heterocycles. The average molecular weight is 447 g/mol. The van der Waals surface area contributed by atoms with Crippen molar-refractivity contribution in [1.29, 1.82) is 0 Å². The molecule has 3 aromatic rings. The van der Waals surface area contributed by atoms with E-state index in [1.807, 2.05) is 62.4 Å². The Hall–Kier alpha value is -3.61. The van der Waals surface area contributed by atoms with E-state index < -0.39 is 0 Å². The number of benzene rings is 2. The molecule has 33 heavy (non-hydrogen) atoms. The quantitative estimate of drug-likeness (QED) is 0.568. The van der Waals surface area contributed by atoms with Gasteiger partial charge in [0.1, 0.15) is 11.5 Å². The van der Waals surface area contributed by atoms with Gasteiger partial charge in [-0.1, -0.05) is 24.3 Å². The maximum absolute atomic E-state index is 12.9. The van der Waals surface area contributed by atoms with Crippen molar-refractivity contribution in [2.45, 2.75) is 32.7 Å². The molecule has 0 aliphatic carbocycles. The Morgan fingerprint density at radius 3 is 2.48 bits per heavy atom. The number of carbonyl (C=O) groups is 1. The summed E-state index contributed by atoms with van der Waals surface area (Å²) in [6.45, 7) is 5.47. The highest BCUT2D eigenvalue weighted by Crippen LogP contribution is 2.31. The van der Waals surface area contributed by atoms with Crippen molar-refractivity contribution in [3.8, 4) is 17.4 Å². The monoisotopic (exact) mass is 446 g/mol. The van der Waals surface area contributed by atoms with E-state index in [4.69, 9.17) is 9.47 Å². The maximum atomic E-state index is 12.9. The normalized spacial score (nSPS) is 15.1. The van der Waals surface area contributed by atoms with Crippen LogP contribution in [0.25, 0.3) is 0 Å². The molecule has 172 valence electrons. The molecule has 2 heterocycles. The summed E-state index contributed by atoms with van der Waals surface area (Å²) in [4.78, 5) is 24.0. The molecule has 1 amide bonds. The first kappa shape index (κ1) is 22.6. The fourth-order valence-corrected chi connectivity index (χ4v) is 4.06. The molecule has 1 atom stereocenters. The van der Waals surface area contributed by atoms with Gasteiger partial charge in [-0.15, -0.1) is 0 Å². The van der Waals surface area contributed by atoms with Crippen LogP contribution in [-0.4, -0.2) is 36.1 Å². The predicted molar refractivity (Wildman–Crippen MR) is 128 cm³/mol. The van der Waals surface area contributed by atoms with Crippen molar-refractivity contribution < 1.29 is 14.3 Å². The van der Waals surface area contributed by atoms with Gasteiger partial charge in [-0.05, 0) is 62.1 Å². The van der Waals surface area contributed by atoms with Crippen molar-refractivity contribution in [3.05, 3.63) is 72.1 Å². The number of piperidine rings is 1. The summed E-state index contributed by atoms with van der Waals surface area (Å²) in [6.07, 6.45) is 4.81. The van der Waals surface area contributed by atoms with Crippen LogP contribution in [0, 0.1) is 12.8 Å². The Morgan fingerprint density at radius 2 is 1.79 bits per heavy atom. The van der Waals surface area contributed by atoms with E-state index in [9.17, 15) is 4.79 Å². The van der Waals surface area contributed by atoms with Gasteiger partial charge in [-0.25, -0.2) is 9.97 Å². The van der Waals surface area contributed by atoms with Gasteiger partial charge in [0.2, 0.25) is 5.91 Å². The van der Waals surface area contributed by atoms with E-state index in [2.05, 4.69) is 20.2 Å². The second kappa shape index (κ2) is 10.3. The van der Waals surface area contributed by atoms with Crippen LogP contribution >= 0.6 is 0 Å². The van der Waals surface area contributed by atoms with Gasteiger partial charge in [0.25, 0.3) is 5.88 Å². The Kier molecular flexibility index (Phi) is 7.07. The molecule has 2 aromatic carbocycles. The molecule has 0 unspecified atom stereocenters. The summed E-state index contributed by atoms with van der Waals surface area (Å²) in [5.41, 5.74) is 2.17. The molecule has 0 saturated carbocycles. The second-order valence-corrected chi connectivity index (χ2v) is 8.37. The van der Waals surface area contributed by atoms with E-state index >= 15 is 0 Å². The number of amides is 1. The average Bonchev–Trinajstić information content (AvgIpc) is 2.84. The molecule has 4 rings (SSSR count). The van der Waals surface area contributed by atoms with E-state index in [0.29, 0.717) is 11.7 Å². The molecule has 0 bridgehead atoms. The highest BCUT2D eigenvalue weighted by molar-refractivity contribution is 5.79. The summed E-state index contributed by atoms with van der Waals surface area (Å²) in [7, 11) is 1.64. The fourth-order valence-electron chi connectivity index (χ4n) is 4.06. The minimum atomic E-state index is -0.0595. The summed E-state index contributed by atoms with van der Waals surface area (Å²) in [5, 5.41) is 3.16. The minimum Gasteiger partial charge on any atom is -0.497 e. The lowest BCUT2D eigenvalue weighted by Crippen LogP contribution is -2.41. The molecule has 1 fully saturated rings. The van der Waals surface area contributed by atoms with Crippen LogP contribution < -0.4 is 19.7 Å². The smallest absolute Gasteiger partial charge is 0.263 e. The number of methoxy groups -OCH3 is 1. The predicted octanol–water partition coefficient (Wildman–Crippen LogP) is 4.68. The maximum Gasteiger partial charge on any atom is 0.263 e. The van der Waals surface area contributed by atoms with Crippen LogP contribution in [-0.2, 0) is 4.79 Å². The van der Waals surface area contributed by atoms with Crippen LogP contribution in [0.2, 0.25) is 0 Å². The van der Waals surface area contributed by atoms with E-state index in [1.165, 1.54) is 0 Å². The zero-order valence-electron chi connectivity index (χ0n) is 19.3. The molecule has 1 aromatic heterocycles. The summed E-state index contributed by atoms with van der Waals surface area (Å²) < 4.78 is 11.2. The number of hydrogen-bond acceptors (Lipinski definition) is 6. The standard InChI is InChI=1S/C26H30N4O3/c1-18-5-4-6-23(17-18)33-26-24(27-13-14-28-26)30-15-11-21(12-16-30)25(31)29-19(2)20-7-9-22(32-3)10-8-20/h4-10,13-14,17,19,21H,11-12,15-16H2,1-3H3,(H,29,31)/t19-/m1/s1.